The van der Waals surface area contributed by atoms with Crippen molar-refractivity contribution in [2.45, 2.75) is 25.7 Å². The molecule has 2 atom stereocenters. The fraction of sp³-hybridized carbons (Fsp3) is 0.360. The Hall–Kier alpha value is -2.52. The maximum Gasteiger partial charge on any atom is 0.0464 e. The smallest absolute Gasteiger partial charge is 0.0464 e. The van der Waals surface area contributed by atoms with Gasteiger partial charge in [-0.2, -0.15) is 0 Å². The van der Waals surface area contributed by atoms with Crippen LogP contribution in [0.5, 0.6) is 0 Å². The molecule has 3 heterocycles. The maximum atomic E-state index is 3.78. The Balaban J connectivity index is 1.46. The molecule has 28 heavy (non-hydrogen) atoms. The lowest BCUT2D eigenvalue weighted by atomic mass is 9.80. The van der Waals surface area contributed by atoms with Crippen molar-refractivity contribution >= 4 is 27.8 Å². The number of hydrogen-bond donors (Lipinski definition) is 2. The van der Waals surface area contributed by atoms with Crippen molar-refractivity contribution in [3.8, 4) is 0 Å². The van der Waals surface area contributed by atoms with Gasteiger partial charge in [0.05, 0.1) is 0 Å². The number of nitrogens with one attached hydrogen (secondary N) is 2. The zero-order valence-corrected chi connectivity index (χ0v) is 16.5. The molecule has 0 amide bonds. The molecule has 3 heteroatoms. The van der Waals surface area contributed by atoms with Crippen LogP contribution in [0.2, 0.25) is 0 Å². The molecule has 0 radical (unpaired) electrons. The summed E-state index contributed by atoms with van der Waals surface area (Å²) in [6, 6.07) is 18.0. The quantitative estimate of drug-likeness (QED) is 0.668. The van der Waals surface area contributed by atoms with Gasteiger partial charge in [0, 0.05) is 54.5 Å². The van der Waals surface area contributed by atoms with Crippen LogP contribution < -0.4 is 15.5 Å². The summed E-state index contributed by atoms with van der Waals surface area (Å²) >= 11 is 0. The molecule has 3 aliphatic rings. The summed E-state index contributed by atoms with van der Waals surface area (Å²) < 4.78 is 0. The Kier molecular flexibility index (Phi) is 3.67. The first kappa shape index (κ1) is 16.4. The van der Waals surface area contributed by atoms with Crippen molar-refractivity contribution in [2.75, 3.05) is 36.4 Å². The zero-order valence-electron chi connectivity index (χ0n) is 16.5. The van der Waals surface area contributed by atoms with E-state index in [0.717, 1.165) is 19.0 Å². The molecule has 2 N–H and O–H groups in total. The molecule has 3 nitrogen and oxygen atoms in total. The summed E-state index contributed by atoms with van der Waals surface area (Å²) in [7, 11) is 0. The third-order valence-electron chi connectivity index (χ3n) is 7.02. The van der Waals surface area contributed by atoms with Gasteiger partial charge in [-0.15, -0.1) is 0 Å². The summed E-state index contributed by atoms with van der Waals surface area (Å²) in [4.78, 5) is 2.66. The molecule has 3 aliphatic heterocycles. The number of anilines is 3. The first-order valence-corrected chi connectivity index (χ1v) is 10.7. The standard InChI is InChI=1S/C25H27N3/c1-16-8-9-24(21-7-3-2-6-20(16)21)27-19-11-17-5-4-10-28-15-18-13-26-14-23(18)22(12-19)25(17)28/h2-3,6-9,11-12,18,23,26-27H,4-5,10,13-15H2,1H3. The average Bonchev–Trinajstić information content (AvgIpc) is 3.19. The lowest BCUT2D eigenvalue weighted by Gasteiger charge is -2.42. The molecule has 3 aromatic rings. The minimum atomic E-state index is 0.666. The van der Waals surface area contributed by atoms with E-state index in [1.807, 2.05) is 0 Å². The van der Waals surface area contributed by atoms with E-state index in [1.165, 1.54) is 59.2 Å². The minimum Gasteiger partial charge on any atom is -0.371 e. The number of nitrogens with zero attached hydrogens (tertiary/aromatic N) is 1. The third-order valence-corrected chi connectivity index (χ3v) is 7.02. The number of hydrogen-bond acceptors (Lipinski definition) is 3. The summed E-state index contributed by atoms with van der Waals surface area (Å²) in [5, 5.41) is 10.1. The van der Waals surface area contributed by atoms with E-state index in [4.69, 9.17) is 0 Å². The van der Waals surface area contributed by atoms with Gasteiger partial charge in [-0.05, 0) is 66.0 Å². The van der Waals surface area contributed by atoms with Crippen LogP contribution >= 0.6 is 0 Å². The molecule has 0 saturated carbocycles. The first-order chi connectivity index (χ1) is 13.8. The van der Waals surface area contributed by atoms with Crippen molar-refractivity contribution in [1.29, 1.82) is 0 Å². The molecule has 6 rings (SSSR count). The Morgan fingerprint density at radius 1 is 1.04 bits per heavy atom. The molecule has 142 valence electrons. The molecule has 0 spiro atoms. The van der Waals surface area contributed by atoms with Crippen LogP contribution in [0.3, 0.4) is 0 Å². The largest absolute Gasteiger partial charge is 0.371 e. The number of aryl methyl sites for hydroxylation is 2. The number of rotatable bonds is 2. The van der Waals surface area contributed by atoms with Gasteiger partial charge >= 0.3 is 0 Å². The first-order valence-electron chi connectivity index (χ1n) is 10.7. The third kappa shape index (κ3) is 2.46. The highest BCUT2D eigenvalue weighted by Gasteiger charge is 2.38. The molecule has 3 aromatic carbocycles. The van der Waals surface area contributed by atoms with Crippen molar-refractivity contribution < 1.29 is 0 Å². The average molecular weight is 370 g/mol. The summed E-state index contributed by atoms with van der Waals surface area (Å²) in [6.45, 7) is 6.93. The molecule has 0 aromatic heterocycles. The number of fused-ring (bicyclic) bond motifs is 3. The van der Waals surface area contributed by atoms with Crippen molar-refractivity contribution in [3.63, 3.8) is 0 Å². The normalized spacial score (nSPS) is 22.8. The van der Waals surface area contributed by atoms with E-state index >= 15 is 0 Å². The van der Waals surface area contributed by atoms with Gasteiger partial charge in [-0.1, -0.05) is 30.3 Å². The van der Waals surface area contributed by atoms with Gasteiger partial charge < -0.3 is 15.5 Å². The van der Waals surface area contributed by atoms with Crippen molar-refractivity contribution in [2.24, 2.45) is 5.92 Å². The van der Waals surface area contributed by atoms with Crippen LogP contribution in [-0.4, -0.2) is 26.2 Å². The Morgan fingerprint density at radius 3 is 2.86 bits per heavy atom. The van der Waals surface area contributed by atoms with Crippen LogP contribution in [0.25, 0.3) is 10.8 Å². The van der Waals surface area contributed by atoms with Crippen LogP contribution in [0.1, 0.15) is 29.0 Å². The molecule has 2 unspecified atom stereocenters. The molecular formula is C25H27N3. The molecule has 0 bridgehead atoms. The molecular weight excluding hydrogens is 342 g/mol. The lowest BCUT2D eigenvalue weighted by Crippen LogP contribution is -2.41. The van der Waals surface area contributed by atoms with Crippen molar-refractivity contribution in [1.82, 2.24) is 5.32 Å². The van der Waals surface area contributed by atoms with E-state index in [-0.39, 0.29) is 0 Å². The summed E-state index contributed by atoms with van der Waals surface area (Å²) in [5.74, 6) is 1.42. The molecule has 1 fully saturated rings. The highest BCUT2D eigenvalue weighted by atomic mass is 15.2. The zero-order chi connectivity index (χ0) is 18.7. The summed E-state index contributed by atoms with van der Waals surface area (Å²) in [6.07, 6.45) is 2.47. The summed E-state index contributed by atoms with van der Waals surface area (Å²) in [5.41, 5.74) is 8.44. The topological polar surface area (TPSA) is 27.3 Å². The van der Waals surface area contributed by atoms with Crippen LogP contribution in [0, 0.1) is 12.8 Å². The van der Waals surface area contributed by atoms with Gasteiger partial charge in [0.1, 0.15) is 0 Å². The maximum absolute atomic E-state index is 3.78. The Labute approximate surface area is 166 Å². The Morgan fingerprint density at radius 2 is 1.93 bits per heavy atom. The van der Waals surface area contributed by atoms with Gasteiger partial charge in [-0.25, -0.2) is 0 Å². The van der Waals surface area contributed by atoms with Gasteiger partial charge in [0.25, 0.3) is 0 Å². The SMILES string of the molecule is Cc1ccc(Nc2cc3c4c(c2)C2CNCC2CN4CCC3)c2ccccc12. The highest BCUT2D eigenvalue weighted by Crippen LogP contribution is 2.46. The van der Waals surface area contributed by atoms with Crippen LogP contribution in [-0.2, 0) is 6.42 Å². The van der Waals surface area contributed by atoms with Crippen LogP contribution in [0.15, 0.2) is 48.5 Å². The van der Waals surface area contributed by atoms with E-state index in [2.05, 4.69) is 71.0 Å². The predicted octanol–water partition coefficient (Wildman–Crippen LogP) is 4.96. The minimum absolute atomic E-state index is 0.666. The van der Waals surface area contributed by atoms with E-state index in [9.17, 15) is 0 Å². The van der Waals surface area contributed by atoms with E-state index in [1.54, 1.807) is 11.3 Å². The predicted molar refractivity (Wildman–Crippen MR) is 118 cm³/mol. The molecule has 1 saturated heterocycles. The lowest BCUT2D eigenvalue weighted by molar-refractivity contribution is 0.470. The second-order valence-electron chi connectivity index (χ2n) is 8.75. The fourth-order valence-corrected chi connectivity index (χ4v) is 5.69. The van der Waals surface area contributed by atoms with Crippen molar-refractivity contribution in [3.05, 3.63) is 65.2 Å². The fourth-order valence-electron chi connectivity index (χ4n) is 5.69. The molecule has 0 aliphatic carbocycles. The van der Waals surface area contributed by atoms with E-state index < -0.39 is 0 Å². The van der Waals surface area contributed by atoms with Gasteiger partial charge in [-0.3, -0.25) is 0 Å². The van der Waals surface area contributed by atoms with Gasteiger partial charge in [0.15, 0.2) is 0 Å². The second-order valence-corrected chi connectivity index (χ2v) is 8.75. The van der Waals surface area contributed by atoms with E-state index in [0.29, 0.717) is 5.92 Å². The Bertz CT molecular complexity index is 1070. The highest BCUT2D eigenvalue weighted by molar-refractivity contribution is 5.97. The van der Waals surface area contributed by atoms with Crippen LogP contribution in [0.4, 0.5) is 17.1 Å². The van der Waals surface area contributed by atoms with Gasteiger partial charge in [0.2, 0.25) is 0 Å². The second kappa shape index (κ2) is 6.25. The number of benzene rings is 3. The monoisotopic (exact) mass is 369 g/mol.